The Hall–Kier alpha value is -2.26. The first-order chi connectivity index (χ1) is 11.3. The van der Waals surface area contributed by atoms with E-state index in [0.717, 1.165) is 0 Å². The van der Waals surface area contributed by atoms with Crippen LogP contribution in [0.5, 0.6) is 17.2 Å². The zero-order chi connectivity index (χ0) is 17.9. The van der Waals surface area contributed by atoms with E-state index >= 15 is 0 Å². The molecule has 0 unspecified atom stereocenters. The van der Waals surface area contributed by atoms with E-state index < -0.39 is 10.0 Å². The summed E-state index contributed by atoms with van der Waals surface area (Å²) in [5.41, 5.74) is 0.963. The van der Waals surface area contributed by atoms with E-state index in [9.17, 15) is 8.42 Å². The van der Waals surface area contributed by atoms with Crippen LogP contribution in [0.25, 0.3) is 0 Å². The van der Waals surface area contributed by atoms with Crippen molar-refractivity contribution in [3.05, 3.63) is 29.2 Å². The maximum Gasteiger partial charge on any atom is 0.246 e. The van der Waals surface area contributed by atoms with Crippen molar-refractivity contribution in [3.63, 3.8) is 0 Å². The van der Waals surface area contributed by atoms with Crippen LogP contribution in [0.2, 0.25) is 0 Å². The predicted molar refractivity (Wildman–Crippen MR) is 86.1 cm³/mol. The molecule has 1 aromatic heterocycles. The van der Waals surface area contributed by atoms with Gasteiger partial charge < -0.3 is 18.7 Å². The van der Waals surface area contributed by atoms with Crippen LogP contribution in [0.15, 0.2) is 21.6 Å². The predicted octanol–water partition coefficient (Wildman–Crippen LogP) is 1.80. The number of rotatable bonds is 7. The molecule has 132 valence electrons. The summed E-state index contributed by atoms with van der Waals surface area (Å²) in [6.45, 7) is 3.17. The third-order valence-electron chi connectivity index (χ3n) is 3.43. The fourth-order valence-electron chi connectivity index (χ4n) is 2.35. The number of hydrogen-bond acceptors (Lipinski definition) is 7. The van der Waals surface area contributed by atoms with Gasteiger partial charge >= 0.3 is 0 Å². The van der Waals surface area contributed by atoms with Crippen molar-refractivity contribution in [1.82, 2.24) is 9.88 Å². The monoisotopic (exact) mass is 356 g/mol. The molecule has 9 heteroatoms. The minimum absolute atomic E-state index is 0.0447. The highest BCUT2D eigenvalue weighted by Crippen LogP contribution is 2.38. The lowest BCUT2D eigenvalue weighted by molar-refractivity contribution is 0.323. The van der Waals surface area contributed by atoms with Crippen molar-refractivity contribution in [2.45, 2.75) is 25.3 Å². The normalized spacial score (nSPS) is 11.4. The van der Waals surface area contributed by atoms with Crippen LogP contribution in [-0.4, -0.2) is 34.9 Å². The van der Waals surface area contributed by atoms with Gasteiger partial charge in [0, 0.05) is 6.54 Å². The van der Waals surface area contributed by atoms with Crippen molar-refractivity contribution in [2.24, 2.45) is 0 Å². The van der Waals surface area contributed by atoms with Crippen LogP contribution in [0.3, 0.4) is 0 Å². The van der Waals surface area contributed by atoms with Gasteiger partial charge in [-0.2, -0.15) is 0 Å². The summed E-state index contributed by atoms with van der Waals surface area (Å²) in [5.74, 6) is 1.58. The minimum Gasteiger partial charge on any atom is -0.493 e. The van der Waals surface area contributed by atoms with Gasteiger partial charge in [-0.05, 0) is 31.5 Å². The first-order valence-corrected chi connectivity index (χ1v) is 8.53. The van der Waals surface area contributed by atoms with Crippen LogP contribution < -0.4 is 18.9 Å². The van der Waals surface area contributed by atoms with E-state index in [2.05, 4.69) is 9.88 Å². The lowest BCUT2D eigenvalue weighted by atomic mass is 10.2. The van der Waals surface area contributed by atoms with Crippen LogP contribution in [0.4, 0.5) is 0 Å². The summed E-state index contributed by atoms with van der Waals surface area (Å²) in [5, 5.41) is 3.66. The first-order valence-electron chi connectivity index (χ1n) is 7.05. The van der Waals surface area contributed by atoms with Crippen LogP contribution in [0.1, 0.15) is 17.0 Å². The lowest BCUT2D eigenvalue weighted by Crippen LogP contribution is -2.24. The lowest BCUT2D eigenvalue weighted by Gasteiger charge is -2.14. The highest BCUT2D eigenvalue weighted by atomic mass is 32.2. The number of aromatic nitrogens is 1. The maximum atomic E-state index is 12.4. The zero-order valence-electron chi connectivity index (χ0n) is 14.2. The standard InChI is InChI=1S/C15H20N2O6S/c1-9-15(10(2)23-17-9)24(18,19)16-8-11-6-12(20-3)14(22-5)13(7-11)21-4/h6-7,16H,8H2,1-5H3. The largest absolute Gasteiger partial charge is 0.493 e. The van der Waals surface area contributed by atoms with Crippen LogP contribution >= 0.6 is 0 Å². The molecule has 0 aliphatic carbocycles. The molecule has 0 fully saturated rings. The number of ether oxygens (including phenoxy) is 3. The molecular weight excluding hydrogens is 336 g/mol. The Morgan fingerprint density at radius 2 is 1.67 bits per heavy atom. The smallest absolute Gasteiger partial charge is 0.246 e. The fourth-order valence-corrected chi connectivity index (χ4v) is 3.69. The summed E-state index contributed by atoms with van der Waals surface area (Å²) >= 11 is 0. The maximum absolute atomic E-state index is 12.4. The number of nitrogens with one attached hydrogen (secondary N) is 1. The summed E-state index contributed by atoms with van der Waals surface area (Å²) in [4.78, 5) is 0.0509. The van der Waals surface area contributed by atoms with Crippen LogP contribution in [0, 0.1) is 13.8 Å². The van der Waals surface area contributed by atoms with Gasteiger partial charge in [-0.25, -0.2) is 13.1 Å². The molecule has 8 nitrogen and oxygen atoms in total. The number of benzene rings is 1. The van der Waals surface area contributed by atoms with E-state index in [4.69, 9.17) is 18.7 Å². The number of aryl methyl sites for hydroxylation is 2. The van der Waals surface area contributed by atoms with E-state index in [0.29, 0.717) is 28.5 Å². The molecule has 1 aromatic carbocycles. The van der Waals surface area contributed by atoms with Gasteiger partial charge in [0.25, 0.3) is 0 Å². The molecular formula is C15H20N2O6S. The Morgan fingerprint density at radius 3 is 2.08 bits per heavy atom. The first kappa shape index (κ1) is 18.1. The second-order valence-corrected chi connectivity index (χ2v) is 6.72. The van der Waals surface area contributed by atoms with E-state index in [-0.39, 0.29) is 17.2 Å². The Bertz CT molecular complexity index is 784. The molecule has 0 atom stereocenters. The average Bonchev–Trinajstić information content (AvgIpc) is 2.91. The molecule has 0 aliphatic rings. The third-order valence-corrected chi connectivity index (χ3v) is 5.07. The molecule has 1 N–H and O–H groups in total. The summed E-state index contributed by atoms with van der Waals surface area (Å²) in [6.07, 6.45) is 0. The minimum atomic E-state index is -3.75. The molecule has 0 radical (unpaired) electrons. The van der Waals surface area contributed by atoms with E-state index in [1.807, 2.05) is 0 Å². The quantitative estimate of drug-likeness (QED) is 0.807. The van der Waals surface area contributed by atoms with Crippen molar-refractivity contribution >= 4 is 10.0 Å². The van der Waals surface area contributed by atoms with E-state index in [1.54, 1.807) is 26.0 Å². The number of sulfonamides is 1. The number of methoxy groups -OCH3 is 3. The van der Waals surface area contributed by atoms with Gasteiger partial charge in [-0.1, -0.05) is 5.16 Å². The fraction of sp³-hybridized carbons (Fsp3) is 0.400. The van der Waals surface area contributed by atoms with Crippen molar-refractivity contribution in [1.29, 1.82) is 0 Å². The molecule has 0 amide bonds. The Morgan fingerprint density at radius 1 is 1.08 bits per heavy atom. The Labute approximate surface area is 140 Å². The molecule has 2 aromatic rings. The molecule has 24 heavy (non-hydrogen) atoms. The Balaban J connectivity index is 2.29. The third kappa shape index (κ3) is 3.46. The summed E-state index contributed by atoms with van der Waals surface area (Å²) in [7, 11) is 0.740. The second kappa shape index (κ2) is 7.10. The summed E-state index contributed by atoms with van der Waals surface area (Å²) in [6, 6.07) is 3.36. The summed E-state index contributed by atoms with van der Waals surface area (Å²) < 4.78 is 48.1. The molecule has 0 bridgehead atoms. The SMILES string of the molecule is COc1cc(CNS(=O)(=O)c2c(C)noc2C)cc(OC)c1OC. The Kier molecular flexibility index (Phi) is 5.35. The highest BCUT2D eigenvalue weighted by molar-refractivity contribution is 7.89. The van der Waals surface area contributed by atoms with Crippen molar-refractivity contribution in [3.8, 4) is 17.2 Å². The van der Waals surface area contributed by atoms with Crippen molar-refractivity contribution < 1.29 is 27.2 Å². The molecule has 0 spiro atoms. The van der Waals surface area contributed by atoms with Gasteiger partial charge in [0.15, 0.2) is 17.3 Å². The molecule has 1 heterocycles. The molecule has 2 rings (SSSR count). The zero-order valence-corrected chi connectivity index (χ0v) is 15.0. The topological polar surface area (TPSA) is 99.9 Å². The van der Waals surface area contributed by atoms with Crippen molar-refractivity contribution in [2.75, 3.05) is 21.3 Å². The molecule has 0 saturated carbocycles. The van der Waals surface area contributed by atoms with Gasteiger partial charge in [-0.3, -0.25) is 0 Å². The van der Waals surface area contributed by atoms with Gasteiger partial charge in [0.1, 0.15) is 10.6 Å². The molecule has 0 aliphatic heterocycles. The highest BCUT2D eigenvalue weighted by Gasteiger charge is 2.24. The average molecular weight is 356 g/mol. The van der Waals surface area contributed by atoms with Gasteiger partial charge in [0.05, 0.1) is 21.3 Å². The molecule has 0 saturated heterocycles. The van der Waals surface area contributed by atoms with Gasteiger partial charge in [-0.15, -0.1) is 0 Å². The van der Waals surface area contributed by atoms with E-state index in [1.165, 1.54) is 21.3 Å². The second-order valence-electron chi connectivity index (χ2n) is 5.01. The number of nitrogens with zero attached hydrogens (tertiary/aromatic N) is 1. The van der Waals surface area contributed by atoms with Gasteiger partial charge in [0.2, 0.25) is 15.8 Å². The van der Waals surface area contributed by atoms with Crippen LogP contribution in [-0.2, 0) is 16.6 Å². The number of hydrogen-bond donors (Lipinski definition) is 1.